The van der Waals surface area contributed by atoms with Crippen LogP contribution in [0, 0.1) is 17.6 Å². The van der Waals surface area contributed by atoms with E-state index >= 15 is 0 Å². The number of amides is 2. The van der Waals surface area contributed by atoms with E-state index in [9.17, 15) is 18.4 Å². The summed E-state index contributed by atoms with van der Waals surface area (Å²) in [7, 11) is 0. The van der Waals surface area contributed by atoms with E-state index in [-0.39, 0.29) is 24.9 Å². The molecule has 0 fully saturated rings. The predicted molar refractivity (Wildman–Crippen MR) is 90.6 cm³/mol. The summed E-state index contributed by atoms with van der Waals surface area (Å²) in [4.78, 5) is 23.6. The molecule has 24 heavy (non-hydrogen) atoms. The summed E-state index contributed by atoms with van der Waals surface area (Å²) in [5.41, 5.74) is 5.17. The molecule has 4 N–H and O–H groups in total. The van der Waals surface area contributed by atoms with Crippen molar-refractivity contribution in [3.8, 4) is 0 Å². The molecule has 0 saturated carbocycles. The number of halogens is 3. The highest BCUT2D eigenvalue weighted by Gasteiger charge is 2.25. The van der Waals surface area contributed by atoms with Crippen molar-refractivity contribution < 1.29 is 18.4 Å². The van der Waals surface area contributed by atoms with Crippen molar-refractivity contribution in [2.24, 2.45) is 11.7 Å². The Morgan fingerprint density at radius 1 is 1.21 bits per heavy atom. The number of nitrogens with one attached hydrogen (secondary N) is 2. The topological polar surface area (TPSA) is 84.2 Å². The minimum atomic E-state index is -0.985. The number of hydrogen-bond acceptors (Lipinski definition) is 3. The molecule has 8 heteroatoms. The van der Waals surface area contributed by atoms with Crippen molar-refractivity contribution in [1.29, 1.82) is 0 Å². The minimum Gasteiger partial charge on any atom is -0.346 e. The van der Waals surface area contributed by atoms with Gasteiger partial charge in [-0.05, 0) is 37.5 Å². The highest BCUT2D eigenvalue weighted by Crippen LogP contribution is 2.21. The first-order chi connectivity index (χ1) is 10.5. The van der Waals surface area contributed by atoms with Crippen LogP contribution in [0.25, 0.3) is 0 Å². The fourth-order valence-electron chi connectivity index (χ4n) is 1.94. The Morgan fingerprint density at radius 2 is 1.79 bits per heavy atom. The van der Waals surface area contributed by atoms with Gasteiger partial charge < -0.3 is 16.4 Å². The van der Waals surface area contributed by atoms with Gasteiger partial charge in [-0.25, -0.2) is 8.78 Å². The maximum absolute atomic E-state index is 13.3. The van der Waals surface area contributed by atoms with E-state index in [0.717, 1.165) is 12.1 Å². The zero-order valence-corrected chi connectivity index (χ0v) is 15.0. The Kier molecular flexibility index (Phi) is 8.29. The van der Waals surface area contributed by atoms with Crippen LogP contribution in [-0.4, -0.2) is 24.4 Å². The van der Waals surface area contributed by atoms with Gasteiger partial charge in [0.25, 0.3) is 0 Å². The second-order valence-electron chi connectivity index (χ2n) is 6.29. The summed E-state index contributed by atoms with van der Waals surface area (Å²) < 4.78 is 26.3. The van der Waals surface area contributed by atoms with Crippen LogP contribution in [0.15, 0.2) is 18.2 Å². The molecule has 0 aliphatic heterocycles. The second-order valence-corrected chi connectivity index (χ2v) is 6.29. The van der Waals surface area contributed by atoms with Crippen LogP contribution in [-0.2, 0) is 15.1 Å². The van der Waals surface area contributed by atoms with Crippen molar-refractivity contribution in [1.82, 2.24) is 10.6 Å². The minimum absolute atomic E-state index is 0. The molecule has 0 aromatic heterocycles. The number of hydrogen-bond donors (Lipinski definition) is 3. The van der Waals surface area contributed by atoms with Crippen molar-refractivity contribution in [2.45, 2.75) is 39.3 Å². The van der Waals surface area contributed by atoms with Crippen LogP contribution in [0.3, 0.4) is 0 Å². The van der Waals surface area contributed by atoms with E-state index in [0.29, 0.717) is 5.56 Å². The zero-order chi connectivity index (χ0) is 17.8. The van der Waals surface area contributed by atoms with Gasteiger partial charge in [0.15, 0.2) is 11.6 Å². The Labute approximate surface area is 146 Å². The summed E-state index contributed by atoms with van der Waals surface area (Å²) >= 11 is 0. The molecule has 1 aromatic carbocycles. The molecule has 1 atom stereocenters. The van der Waals surface area contributed by atoms with Crippen molar-refractivity contribution in [3.63, 3.8) is 0 Å². The van der Waals surface area contributed by atoms with Gasteiger partial charge in [-0.1, -0.05) is 19.9 Å². The summed E-state index contributed by atoms with van der Waals surface area (Å²) in [5, 5.41) is 5.11. The molecular weight excluding hydrogens is 340 g/mol. The first kappa shape index (κ1) is 22.3. The molecular formula is C16H24ClF2N3O2. The van der Waals surface area contributed by atoms with Crippen LogP contribution in [0.1, 0.15) is 33.3 Å². The molecule has 0 radical (unpaired) electrons. The molecule has 1 aromatic rings. The summed E-state index contributed by atoms with van der Waals surface area (Å²) in [5.74, 6) is -2.85. The number of rotatable bonds is 6. The lowest BCUT2D eigenvalue weighted by Crippen LogP contribution is -2.50. The van der Waals surface area contributed by atoms with Crippen LogP contribution >= 0.6 is 12.4 Å². The normalized spacial score (nSPS) is 12.3. The molecule has 0 spiro atoms. The predicted octanol–water partition coefficient (Wildman–Crippen LogP) is 1.84. The van der Waals surface area contributed by atoms with Gasteiger partial charge in [-0.3, -0.25) is 9.59 Å². The van der Waals surface area contributed by atoms with E-state index in [1.54, 1.807) is 27.7 Å². The lowest BCUT2D eigenvalue weighted by Gasteiger charge is -2.27. The molecule has 1 rings (SSSR count). The van der Waals surface area contributed by atoms with E-state index in [4.69, 9.17) is 5.73 Å². The SMILES string of the molecule is CC(C)[C@H](N)C(=O)NCC(=O)NC(C)(C)c1ccc(F)c(F)c1.Cl. The Balaban J connectivity index is 0.00000529. The molecule has 0 saturated heterocycles. The highest BCUT2D eigenvalue weighted by atomic mass is 35.5. The van der Waals surface area contributed by atoms with E-state index in [1.807, 2.05) is 0 Å². The Bertz CT molecular complexity index is 595. The van der Waals surface area contributed by atoms with Crippen molar-refractivity contribution in [2.75, 3.05) is 6.54 Å². The summed E-state index contributed by atoms with van der Waals surface area (Å²) in [6, 6.07) is 2.73. The lowest BCUT2D eigenvalue weighted by molar-refractivity contribution is -0.128. The Hall–Kier alpha value is -1.73. The first-order valence-electron chi connectivity index (χ1n) is 7.34. The quantitative estimate of drug-likeness (QED) is 0.721. The molecule has 0 bridgehead atoms. The smallest absolute Gasteiger partial charge is 0.240 e. The molecule has 2 amide bonds. The monoisotopic (exact) mass is 363 g/mol. The van der Waals surface area contributed by atoms with Gasteiger partial charge in [0, 0.05) is 0 Å². The van der Waals surface area contributed by atoms with E-state index in [1.165, 1.54) is 6.07 Å². The van der Waals surface area contributed by atoms with Crippen LogP contribution < -0.4 is 16.4 Å². The van der Waals surface area contributed by atoms with E-state index in [2.05, 4.69) is 10.6 Å². The third kappa shape index (κ3) is 6.05. The van der Waals surface area contributed by atoms with Crippen molar-refractivity contribution in [3.05, 3.63) is 35.4 Å². The fourth-order valence-corrected chi connectivity index (χ4v) is 1.94. The average Bonchev–Trinajstić information content (AvgIpc) is 2.46. The van der Waals surface area contributed by atoms with Gasteiger partial charge >= 0.3 is 0 Å². The second kappa shape index (κ2) is 8.94. The van der Waals surface area contributed by atoms with Gasteiger partial charge in [-0.2, -0.15) is 0 Å². The van der Waals surface area contributed by atoms with Gasteiger partial charge in [-0.15, -0.1) is 12.4 Å². The van der Waals surface area contributed by atoms with E-state index < -0.39 is 35.0 Å². The standard InChI is InChI=1S/C16H23F2N3O2.ClH/c1-9(2)14(19)15(23)20-8-13(22)21-16(3,4)10-5-6-11(17)12(18)7-10;/h5-7,9,14H,8,19H2,1-4H3,(H,20,23)(H,21,22);1H/t14-;/m0./s1. The van der Waals surface area contributed by atoms with Gasteiger partial charge in [0.2, 0.25) is 11.8 Å². The largest absolute Gasteiger partial charge is 0.346 e. The zero-order valence-electron chi connectivity index (χ0n) is 14.2. The van der Waals surface area contributed by atoms with Gasteiger partial charge in [0.05, 0.1) is 18.1 Å². The lowest BCUT2D eigenvalue weighted by atomic mass is 9.94. The highest BCUT2D eigenvalue weighted by molar-refractivity contribution is 5.87. The number of nitrogens with two attached hydrogens (primary N) is 1. The van der Waals surface area contributed by atoms with Crippen LogP contribution in [0.4, 0.5) is 8.78 Å². The van der Waals surface area contributed by atoms with Crippen LogP contribution in [0.2, 0.25) is 0 Å². The first-order valence-corrected chi connectivity index (χ1v) is 7.34. The molecule has 0 aliphatic rings. The fraction of sp³-hybridized carbons (Fsp3) is 0.500. The summed E-state index contributed by atoms with van der Waals surface area (Å²) in [6.07, 6.45) is 0. The third-order valence-corrected chi connectivity index (χ3v) is 3.54. The number of carbonyl (C=O) groups excluding carboxylic acids is 2. The Morgan fingerprint density at radius 3 is 2.29 bits per heavy atom. The number of carbonyl (C=O) groups is 2. The number of benzene rings is 1. The maximum Gasteiger partial charge on any atom is 0.240 e. The molecule has 5 nitrogen and oxygen atoms in total. The maximum atomic E-state index is 13.3. The molecule has 136 valence electrons. The molecule has 0 aliphatic carbocycles. The van der Waals surface area contributed by atoms with Gasteiger partial charge in [0.1, 0.15) is 0 Å². The van der Waals surface area contributed by atoms with Crippen LogP contribution in [0.5, 0.6) is 0 Å². The average molecular weight is 364 g/mol. The third-order valence-electron chi connectivity index (χ3n) is 3.54. The summed E-state index contributed by atoms with van der Waals surface area (Å²) in [6.45, 7) is 6.66. The van der Waals surface area contributed by atoms with Crippen molar-refractivity contribution >= 4 is 24.2 Å². The molecule has 0 heterocycles. The molecule has 0 unspecified atom stereocenters.